The van der Waals surface area contributed by atoms with Crippen LogP contribution in [0.5, 0.6) is 11.5 Å². The summed E-state index contributed by atoms with van der Waals surface area (Å²) in [7, 11) is 0. The highest BCUT2D eigenvalue weighted by Crippen LogP contribution is 2.40. The van der Waals surface area contributed by atoms with E-state index >= 15 is 0 Å². The lowest BCUT2D eigenvalue weighted by Crippen LogP contribution is -2.26. The first-order valence-electron chi connectivity index (χ1n) is 8.27. The fourth-order valence-corrected chi connectivity index (χ4v) is 3.21. The molecule has 2 heterocycles. The molecule has 0 bridgehead atoms. The summed E-state index contributed by atoms with van der Waals surface area (Å²) in [6.07, 6.45) is 1.75. The Morgan fingerprint density at radius 1 is 1.12 bits per heavy atom. The van der Waals surface area contributed by atoms with Gasteiger partial charge in [0.2, 0.25) is 0 Å². The molecule has 3 aromatic rings. The lowest BCUT2D eigenvalue weighted by Gasteiger charge is -2.24. The van der Waals surface area contributed by atoms with E-state index in [2.05, 4.69) is 6.58 Å². The molecular weight excluding hydrogens is 332 g/mol. The third-order valence-corrected chi connectivity index (χ3v) is 4.38. The summed E-state index contributed by atoms with van der Waals surface area (Å²) < 4.78 is 16.3. The Morgan fingerprint density at radius 3 is 2.65 bits per heavy atom. The van der Waals surface area contributed by atoms with Crippen LogP contribution in [0.4, 0.5) is 0 Å². The van der Waals surface area contributed by atoms with Crippen molar-refractivity contribution in [1.29, 1.82) is 0 Å². The topological polar surface area (TPSA) is 65.7 Å². The summed E-state index contributed by atoms with van der Waals surface area (Å²) >= 11 is 0. The average molecular weight is 348 g/mol. The molecule has 26 heavy (non-hydrogen) atoms. The highest BCUT2D eigenvalue weighted by atomic mass is 16.5. The van der Waals surface area contributed by atoms with E-state index in [4.69, 9.17) is 13.9 Å². The van der Waals surface area contributed by atoms with Crippen LogP contribution in [-0.2, 0) is 4.79 Å². The maximum atomic E-state index is 12.6. The molecule has 0 radical (unpaired) electrons. The van der Waals surface area contributed by atoms with Crippen LogP contribution in [0.25, 0.3) is 11.0 Å². The zero-order valence-electron chi connectivity index (χ0n) is 13.9. The van der Waals surface area contributed by atoms with Gasteiger partial charge in [0.15, 0.2) is 5.75 Å². The first-order chi connectivity index (χ1) is 12.7. The van der Waals surface area contributed by atoms with Gasteiger partial charge < -0.3 is 13.9 Å². The normalized spacial score (nSPS) is 16.0. The van der Waals surface area contributed by atoms with Crippen LogP contribution in [0, 0.1) is 0 Å². The Hall–Kier alpha value is -3.34. The van der Waals surface area contributed by atoms with Crippen molar-refractivity contribution in [3.8, 4) is 11.5 Å². The van der Waals surface area contributed by atoms with E-state index in [1.54, 1.807) is 36.4 Å². The Kier molecular flexibility index (Phi) is 4.05. The second kappa shape index (κ2) is 6.52. The molecule has 1 aliphatic heterocycles. The molecule has 1 aliphatic rings. The minimum Gasteiger partial charge on any atom is -0.490 e. The van der Waals surface area contributed by atoms with Crippen molar-refractivity contribution in [1.82, 2.24) is 0 Å². The van der Waals surface area contributed by atoms with Crippen molar-refractivity contribution in [3.05, 3.63) is 82.7 Å². The highest BCUT2D eigenvalue weighted by molar-refractivity contribution is 5.90. The largest absolute Gasteiger partial charge is 0.490 e. The van der Waals surface area contributed by atoms with E-state index in [9.17, 15) is 9.59 Å². The SMILES string of the molecule is C=CCOc1ccc(C2CC(=O)Oc3c2c(=O)oc2ccccc32)cc1. The van der Waals surface area contributed by atoms with Gasteiger partial charge in [-0.2, -0.15) is 0 Å². The Bertz CT molecular complexity index is 1050. The highest BCUT2D eigenvalue weighted by Gasteiger charge is 2.33. The molecule has 0 saturated heterocycles. The van der Waals surface area contributed by atoms with E-state index in [1.807, 2.05) is 18.2 Å². The zero-order chi connectivity index (χ0) is 18.1. The van der Waals surface area contributed by atoms with E-state index in [1.165, 1.54) is 0 Å². The minimum absolute atomic E-state index is 0.0863. The molecule has 130 valence electrons. The molecule has 0 N–H and O–H groups in total. The maximum absolute atomic E-state index is 12.6. The van der Waals surface area contributed by atoms with Crippen molar-refractivity contribution in [2.75, 3.05) is 6.61 Å². The number of carbonyl (C=O) groups excluding carboxylic acids is 1. The van der Waals surface area contributed by atoms with Crippen LogP contribution in [0.3, 0.4) is 0 Å². The summed E-state index contributed by atoms with van der Waals surface area (Å²) in [4.78, 5) is 24.8. The molecule has 1 aromatic heterocycles. The van der Waals surface area contributed by atoms with Crippen LogP contribution in [-0.4, -0.2) is 12.6 Å². The lowest BCUT2D eigenvalue weighted by atomic mass is 9.86. The predicted octanol–water partition coefficient (Wildman–Crippen LogP) is 3.80. The molecule has 0 aliphatic carbocycles. The monoisotopic (exact) mass is 348 g/mol. The molecule has 4 rings (SSSR count). The first-order valence-corrected chi connectivity index (χ1v) is 8.27. The standard InChI is InChI=1S/C21H16O5/c1-2-11-24-14-9-7-13(8-10-14)16-12-18(22)26-20-15-5-3-4-6-17(15)25-21(23)19(16)20/h2-10,16H,1,11-12H2. The molecule has 5 nitrogen and oxygen atoms in total. The fraction of sp³-hybridized carbons (Fsp3) is 0.143. The van der Waals surface area contributed by atoms with Gasteiger partial charge in [-0.15, -0.1) is 0 Å². The van der Waals surface area contributed by atoms with Crippen LogP contribution in [0.15, 0.2) is 70.4 Å². The number of hydrogen-bond donors (Lipinski definition) is 0. The van der Waals surface area contributed by atoms with Crippen molar-refractivity contribution in [2.24, 2.45) is 0 Å². The van der Waals surface area contributed by atoms with Gasteiger partial charge in [-0.1, -0.05) is 36.9 Å². The number of para-hydroxylation sites is 1. The fourth-order valence-electron chi connectivity index (χ4n) is 3.21. The molecule has 0 spiro atoms. The van der Waals surface area contributed by atoms with Crippen LogP contribution < -0.4 is 15.1 Å². The first kappa shape index (κ1) is 16.1. The van der Waals surface area contributed by atoms with Crippen molar-refractivity contribution in [2.45, 2.75) is 12.3 Å². The van der Waals surface area contributed by atoms with Crippen molar-refractivity contribution >= 4 is 16.9 Å². The Labute approximate surface area is 149 Å². The summed E-state index contributed by atoms with van der Waals surface area (Å²) in [5.74, 6) is 0.202. The van der Waals surface area contributed by atoms with E-state index in [-0.39, 0.29) is 12.4 Å². The van der Waals surface area contributed by atoms with Crippen LogP contribution in [0.1, 0.15) is 23.5 Å². The van der Waals surface area contributed by atoms with Crippen LogP contribution >= 0.6 is 0 Å². The van der Waals surface area contributed by atoms with Gasteiger partial charge in [-0.25, -0.2) is 4.79 Å². The molecular formula is C21H16O5. The predicted molar refractivity (Wildman–Crippen MR) is 96.7 cm³/mol. The quantitative estimate of drug-likeness (QED) is 0.408. The van der Waals surface area contributed by atoms with Crippen molar-refractivity contribution < 1.29 is 18.7 Å². The van der Waals surface area contributed by atoms with Gasteiger partial charge in [-0.05, 0) is 29.8 Å². The summed E-state index contributed by atoms with van der Waals surface area (Å²) in [6.45, 7) is 4.02. The summed E-state index contributed by atoms with van der Waals surface area (Å²) in [5.41, 5.74) is 1.13. The number of esters is 1. The van der Waals surface area contributed by atoms with E-state index in [0.717, 1.165) is 5.56 Å². The molecule has 0 fully saturated rings. The van der Waals surface area contributed by atoms with E-state index in [0.29, 0.717) is 34.6 Å². The average Bonchev–Trinajstić information content (AvgIpc) is 2.66. The lowest BCUT2D eigenvalue weighted by molar-refractivity contribution is -0.135. The maximum Gasteiger partial charge on any atom is 0.343 e. The molecule has 1 unspecified atom stereocenters. The smallest absolute Gasteiger partial charge is 0.343 e. The van der Waals surface area contributed by atoms with Gasteiger partial charge >= 0.3 is 11.6 Å². The van der Waals surface area contributed by atoms with E-state index < -0.39 is 11.5 Å². The third kappa shape index (κ3) is 2.77. The van der Waals surface area contributed by atoms with Gasteiger partial charge in [0.05, 0.1) is 17.4 Å². The second-order valence-electron chi connectivity index (χ2n) is 6.03. The summed E-state index contributed by atoms with van der Waals surface area (Å²) in [6, 6.07) is 14.3. The van der Waals surface area contributed by atoms with Gasteiger partial charge in [0.1, 0.15) is 17.9 Å². The van der Waals surface area contributed by atoms with Crippen LogP contribution in [0.2, 0.25) is 0 Å². The Balaban J connectivity index is 1.82. The van der Waals surface area contributed by atoms with Gasteiger partial charge in [-0.3, -0.25) is 4.79 Å². The molecule has 5 heteroatoms. The summed E-state index contributed by atoms with van der Waals surface area (Å²) in [5, 5.41) is 0.617. The number of benzene rings is 2. The van der Waals surface area contributed by atoms with Gasteiger partial charge in [0, 0.05) is 5.92 Å². The number of hydrogen-bond acceptors (Lipinski definition) is 5. The second-order valence-corrected chi connectivity index (χ2v) is 6.03. The molecule has 1 atom stereocenters. The zero-order valence-corrected chi connectivity index (χ0v) is 13.9. The number of carbonyl (C=O) groups is 1. The minimum atomic E-state index is -0.483. The van der Waals surface area contributed by atoms with Gasteiger partial charge in [0.25, 0.3) is 0 Å². The Morgan fingerprint density at radius 2 is 1.88 bits per heavy atom. The molecule has 0 saturated carbocycles. The van der Waals surface area contributed by atoms with Crippen molar-refractivity contribution in [3.63, 3.8) is 0 Å². The molecule has 0 amide bonds. The number of rotatable bonds is 4. The molecule has 2 aromatic carbocycles. The number of ether oxygens (including phenoxy) is 2. The number of fused-ring (bicyclic) bond motifs is 3. The third-order valence-electron chi connectivity index (χ3n) is 4.38.